The van der Waals surface area contributed by atoms with E-state index in [1.165, 1.54) is 0 Å². The molecule has 1 aromatic rings. The highest BCUT2D eigenvalue weighted by Gasteiger charge is 2.16. The summed E-state index contributed by atoms with van der Waals surface area (Å²) in [5, 5.41) is 0. The molecule has 0 heterocycles. The van der Waals surface area contributed by atoms with Crippen LogP contribution in [0.4, 0.5) is 4.39 Å². The van der Waals surface area contributed by atoms with Gasteiger partial charge in [0, 0.05) is 11.6 Å². The lowest BCUT2D eigenvalue weighted by atomic mass is 9.94. The van der Waals surface area contributed by atoms with Crippen molar-refractivity contribution in [1.82, 2.24) is 5.43 Å². The zero-order valence-corrected chi connectivity index (χ0v) is 10.3. The molecule has 0 aliphatic rings. The van der Waals surface area contributed by atoms with Crippen molar-refractivity contribution in [1.29, 1.82) is 0 Å². The molecule has 2 atom stereocenters. The zero-order valence-electron chi connectivity index (χ0n) is 10.3. The molecule has 0 saturated carbocycles. The maximum absolute atomic E-state index is 13.7. The first-order chi connectivity index (χ1) is 7.58. The summed E-state index contributed by atoms with van der Waals surface area (Å²) in [6.07, 6.45) is 1.93. The van der Waals surface area contributed by atoms with Gasteiger partial charge in [-0.1, -0.05) is 32.4 Å². The number of nitrogens with one attached hydrogen (secondary N) is 1. The normalized spacial score (nSPS) is 14.8. The summed E-state index contributed by atoms with van der Waals surface area (Å²) in [4.78, 5) is 0. The van der Waals surface area contributed by atoms with Crippen LogP contribution < -0.4 is 11.3 Å². The predicted octanol–water partition coefficient (Wildman–Crippen LogP) is 3.07. The quantitative estimate of drug-likeness (QED) is 0.596. The van der Waals surface area contributed by atoms with E-state index in [0.29, 0.717) is 11.5 Å². The Morgan fingerprint density at radius 1 is 1.44 bits per heavy atom. The van der Waals surface area contributed by atoms with Gasteiger partial charge in [-0.3, -0.25) is 11.3 Å². The number of rotatable bonds is 5. The molecule has 3 heteroatoms. The van der Waals surface area contributed by atoms with Crippen molar-refractivity contribution in [2.24, 2.45) is 11.8 Å². The smallest absolute Gasteiger partial charge is 0.128 e. The Hall–Kier alpha value is -0.930. The van der Waals surface area contributed by atoms with Crippen molar-refractivity contribution < 1.29 is 4.39 Å². The lowest BCUT2D eigenvalue weighted by molar-refractivity contribution is 0.397. The summed E-state index contributed by atoms with van der Waals surface area (Å²) in [7, 11) is 0. The summed E-state index contributed by atoms with van der Waals surface area (Å²) >= 11 is 0. The van der Waals surface area contributed by atoms with Crippen LogP contribution in [0.15, 0.2) is 18.2 Å². The van der Waals surface area contributed by atoms with Crippen molar-refractivity contribution in [3.63, 3.8) is 0 Å². The Labute approximate surface area is 97.0 Å². The molecule has 0 fully saturated rings. The molecule has 0 aliphatic carbocycles. The minimum Gasteiger partial charge on any atom is -0.271 e. The van der Waals surface area contributed by atoms with E-state index in [9.17, 15) is 4.39 Å². The van der Waals surface area contributed by atoms with Gasteiger partial charge in [0.05, 0.1) is 0 Å². The van der Waals surface area contributed by atoms with Crippen LogP contribution in [-0.4, -0.2) is 0 Å². The Kier molecular flexibility index (Phi) is 4.90. The van der Waals surface area contributed by atoms with E-state index in [-0.39, 0.29) is 11.9 Å². The number of aryl methyl sites for hydroxylation is 1. The van der Waals surface area contributed by atoms with Crippen LogP contribution in [0.3, 0.4) is 0 Å². The maximum Gasteiger partial charge on any atom is 0.128 e. The molecule has 0 bridgehead atoms. The second kappa shape index (κ2) is 5.97. The van der Waals surface area contributed by atoms with E-state index >= 15 is 0 Å². The molecule has 0 radical (unpaired) electrons. The third-order valence-corrected chi connectivity index (χ3v) is 3.07. The number of hydrogen-bond donors (Lipinski definition) is 2. The third-order valence-electron chi connectivity index (χ3n) is 3.07. The van der Waals surface area contributed by atoms with Crippen LogP contribution in [0.5, 0.6) is 0 Å². The van der Waals surface area contributed by atoms with Crippen LogP contribution in [0.25, 0.3) is 0 Å². The SMILES string of the molecule is CCC(C)CC(NN)c1ccc(C)cc1F. The van der Waals surface area contributed by atoms with E-state index in [1.54, 1.807) is 6.07 Å². The zero-order chi connectivity index (χ0) is 12.1. The number of halogens is 1. The first kappa shape index (κ1) is 13.1. The van der Waals surface area contributed by atoms with Crippen LogP contribution >= 0.6 is 0 Å². The molecule has 0 spiro atoms. The third kappa shape index (κ3) is 3.29. The second-order valence-corrected chi connectivity index (χ2v) is 4.49. The molecular formula is C13H21FN2. The van der Waals surface area contributed by atoms with Crippen molar-refractivity contribution in [2.75, 3.05) is 0 Å². The van der Waals surface area contributed by atoms with E-state index in [0.717, 1.165) is 18.4 Å². The van der Waals surface area contributed by atoms with Crippen molar-refractivity contribution in [3.05, 3.63) is 35.1 Å². The average Bonchev–Trinajstić information content (AvgIpc) is 2.26. The Morgan fingerprint density at radius 3 is 2.62 bits per heavy atom. The van der Waals surface area contributed by atoms with E-state index in [2.05, 4.69) is 19.3 Å². The van der Waals surface area contributed by atoms with E-state index < -0.39 is 0 Å². The average molecular weight is 224 g/mol. The van der Waals surface area contributed by atoms with Crippen molar-refractivity contribution in [2.45, 2.75) is 39.7 Å². The minimum absolute atomic E-state index is 0.101. The molecule has 0 saturated heterocycles. The van der Waals surface area contributed by atoms with Crippen molar-refractivity contribution in [3.8, 4) is 0 Å². The molecule has 1 rings (SSSR count). The van der Waals surface area contributed by atoms with Gasteiger partial charge in [-0.25, -0.2) is 4.39 Å². The summed E-state index contributed by atoms with van der Waals surface area (Å²) in [6, 6.07) is 5.18. The van der Waals surface area contributed by atoms with Gasteiger partial charge in [0.25, 0.3) is 0 Å². The van der Waals surface area contributed by atoms with Gasteiger partial charge in [-0.15, -0.1) is 0 Å². The van der Waals surface area contributed by atoms with Gasteiger partial charge < -0.3 is 0 Å². The Balaban J connectivity index is 2.86. The summed E-state index contributed by atoms with van der Waals surface area (Å²) in [5.74, 6) is 5.85. The van der Waals surface area contributed by atoms with Gasteiger partial charge in [-0.05, 0) is 30.9 Å². The minimum atomic E-state index is -0.175. The van der Waals surface area contributed by atoms with Crippen LogP contribution in [0, 0.1) is 18.7 Å². The topological polar surface area (TPSA) is 38.0 Å². The number of hydrazine groups is 1. The highest BCUT2D eigenvalue weighted by molar-refractivity contribution is 5.26. The first-order valence-electron chi connectivity index (χ1n) is 5.80. The van der Waals surface area contributed by atoms with Gasteiger partial charge >= 0.3 is 0 Å². The molecule has 2 unspecified atom stereocenters. The molecule has 0 amide bonds. The molecule has 0 aromatic heterocycles. The van der Waals surface area contributed by atoms with Gasteiger partial charge in [0.15, 0.2) is 0 Å². The molecule has 16 heavy (non-hydrogen) atoms. The highest BCUT2D eigenvalue weighted by atomic mass is 19.1. The first-order valence-corrected chi connectivity index (χ1v) is 5.80. The summed E-state index contributed by atoms with van der Waals surface area (Å²) in [6.45, 7) is 6.16. The molecule has 3 N–H and O–H groups in total. The Bertz CT molecular complexity index is 339. The number of benzene rings is 1. The lowest BCUT2D eigenvalue weighted by Gasteiger charge is -2.20. The van der Waals surface area contributed by atoms with Gasteiger partial charge in [0.1, 0.15) is 5.82 Å². The molecule has 1 aromatic carbocycles. The van der Waals surface area contributed by atoms with Gasteiger partial charge in [-0.2, -0.15) is 0 Å². The van der Waals surface area contributed by atoms with E-state index in [4.69, 9.17) is 5.84 Å². The number of nitrogens with two attached hydrogens (primary N) is 1. The molecule has 0 aliphatic heterocycles. The monoisotopic (exact) mass is 224 g/mol. The summed E-state index contributed by atoms with van der Waals surface area (Å²) in [5.41, 5.74) is 4.30. The van der Waals surface area contributed by atoms with Gasteiger partial charge in [0.2, 0.25) is 0 Å². The van der Waals surface area contributed by atoms with E-state index in [1.807, 2.05) is 19.1 Å². The molecule has 2 nitrogen and oxygen atoms in total. The summed E-state index contributed by atoms with van der Waals surface area (Å²) < 4.78 is 13.7. The second-order valence-electron chi connectivity index (χ2n) is 4.49. The number of hydrogen-bond acceptors (Lipinski definition) is 2. The van der Waals surface area contributed by atoms with Crippen LogP contribution in [0.2, 0.25) is 0 Å². The Morgan fingerprint density at radius 2 is 2.12 bits per heavy atom. The van der Waals surface area contributed by atoms with Crippen molar-refractivity contribution >= 4 is 0 Å². The molecular weight excluding hydrogens is 203 g/mol. The fraction of sp³-hybridized carbons (Fsp3) is 0.538. The highest BCUT2D eigenvalue weighted by Crippen LogP contribution is 2.24. The largest absolute Gasteiger partial charge is 0.271 e. The molecule has 90 valence electrons. The van der Waals surface area contributed by atoms with Crippen LogP contribution in [0.1, 0.15) is 43.9 Å². The van der Waals surface area contributed by atoms with Crippen LogP contribution in [-0.2, 0) is 0 Å². The predicted molar refractivity (Wildman–Crippen MR) is 65.3 cm³/mol. The fourth-order valence-corrected chi connectivity index (χ4v) is 1.77. The maximum atomic E-state index is 13.7. The fourth-order valence-electron chi connectivity index (χ4n) is 1.77. The standard InChI is InChI=1S/C13H21FN2/c1-4-9(2)8-13(16-15)11-6-5-10(3)7-12(11)14/h5-7,9,13,16H,4,8,15H2,1-3H3. The lowest BCUT2D eigenvalue weighted by Crippen LogP contribution is -2.30.